The largest absolute Gasteiger partial charge is 0.486 e. The summed E-state index contributed by atoms with van der Waals surface area (Å²) in [5, 5.41) is 10.6. The van der Waals surface area contributed by atoms with Crippen LogP contribution in [0.1, 0.15) is 0 Å². The second-order valence-electron chi connectivity index (χ2n) is 3.93. The maximum atomic E-state index is 10.9. The first-order valence-electron chi connectivity index (χ1n) is 5.27. The van der Waals surface area contributed by atoms with Crippen LogP contribution >= 0.6 is 0 Å². The summed E-state index contributed by atoms with van der Waals surface area (Å²) < 4.78 is 37.0. The van der Waals surface area contributed by atoms with Crippen LogP contribution < -0.4 is 9.47 Å². The molecular formula is C10H11NO7S. The van der Waals surface area contributed by atoms with Crippen LogP contribution in [-0.2, 0) is 14.3 Å². The molecule has 0 unspecified atom stereocenters. The lowest BCUT2D eigenvalue weighted by Crippen LogP contribution is -2.34. The summed E-state index contributed by atoms with van der Waals surface area (Å²) in [6, 6.07) is 3.96. The summed E-state index contributed by atoms with van der Waals surface area (Å²) in [5.74, 6) is 0.573. The van der Waals surface area contributed by atoms with Gasteiger partial charge in [0.25, 0.3) is 15.8 Å². The Balaban J connectivity index is 2.09. The third-order valence-corrected chi connectivity index (χ3v) is 2.89. The predicted octanol–water partition coefficient (Wildman–Crippen LogP) is 0.711. The maximum absolute atomic E-state index is 10.9. The Kier molecular flexibility index (Phi) is 3.58. The zero-order valence-electron chi connectivity index (χ0n) is 9.94. The van der Waals surface area contributed by atoms with E-state index in [1.165, 1.54) is 18.2 Å². The molecule has 19 heavy (non-hydrogen) atoms. The van der Waals surface area contributed by atoms with Crippen LogP contribution in [0.15, 0.2) is 18.2 Å². The lowest BCUT2D eigenvalue weighted by Gasteiger charge is -2.25. The van der Waals surface area contributed by atoms with Crippen LogP contribution in [0.25, 0.3) is 0 Å². The molecule has 1 heterocycles. The van der Waals surface area contributed by atoms with E-state index in [0.29, 0.717) is 5.75 Å². The van der Waals surface area contributed by atoms with Crippen molar-refractivity contribution in [3.63, 3.8) is 0 Å². The summed E-state index contributed by atoms with van der Waals surface area (Å²) in [5.41, 5.74) is -0.132. The maximum Gasteiger partial charge on any atom is 0.273 e. The lowest BCUT2D eigenvalue weighted by atomic mass is 10.2. The molecule has 0 radical (unpaired) electrons. The number of rotatable bonds is 4. The van der Waals surface area contributed by atoms with Crippen molar-refractivity contribution < 1.29 is 27.0 Å². The van der Waals surface area contributed by atoms with Gasteiger partial charge in [-0.15, -0.1) is 0 Å². The number of hydrogen-bond donors (Lipinski definition) is 0. The molecule has 1 aliphatic rings. The molecular weight excluding hydrogens is 278 g/mol. The van der Waals surface area contributed by atoms with Gasteiger partial charge in [0.2, 0.25) is 0 Å². The van der Waals surface area contributed by atoms with Crippen molar-refractivity contribution in [2.75, 3.05) is 19.5 Å². The molecule has 0 spiro atoms. The Labute approximate surface area is 109 Å². The van der Waals surface area contributed by atoms with E-state index < -0.39 is 21.1 Å². The van der Waals surface area contributed by atoms with Gasteiger partial charge in [-0.05, 0) is 6.07 Å². The number of fused-ring (bicyclic) bond motifs is 1. The van der Waals surface area contributed by atoms with Crippen molar-refractivity contribution >= 4 is 15.8 Å². The van der Waals surface area contributed by atoms with Gasteiger partial charge in [-0.3, -0.25) is 14.3 Å². The Hall–Kier alpha value is -1.87. The highest BCUT2D eigenvalue weighted by atomic mass is 32.2. The highest BCUT2D eigenvalue weighted by Gasteiger charge is 2.24. The van der Waals surface area contributed by atoms with Crippen molar-refractivity contribution in [3.8, 4) is 11.5 Å². The van der Waals surface area contributed by atoms with Crippen LogP contribution in [0.3, 0.4) is 0 Å². The topological polar surface area (TPSA) is 105 Å². The van der Waals surface area contributed by atoms with Crippen LogP contribution in [0.2, 0.25) is 0 Å². The zero-order valence-corrected chi connectivity index (χ0v) is 10.8. The van der Waals surface area contributed by atoms with Crippen LogP contribution in [0, 0.1) is 10.1 Å². The Morgan fingerprint density at radius 1 is 1.47 bits per heavy atom. The van der Waals surface area contributed by atoms with E-state index >= 15 is 0 Å². The molecule has 0 amide bonds. The second-order valence-corrected chi connectivity index (χ2v) is 5.57. The third-order valence-electron chi connectivity index (χ3n) is 2.32. The van der Waals surface area contributed by atoms with E-state index in [0.717, 1.165) is 6.26 Å². The minimum absolute atomic E-state index is 0.111. The number of hydrogen-bond acceptors (Lipinski definition) is 7. The van der Waals surface area contributed by atoms with Crippen LogP contribution in [-0.4, -0.2) is 38.9 Å². The SMILES string of the molecule is CS(=O)(=O)OC[C@H]1COc2ccc([N+](=O)[O-])cc2O1. The smallest absolute Gasteiger partial charge is 0.273 e. The van der Waals surface area contributed by atoms with Crippen molar-refractivity contribution in [3.05, 3.63) is 28.3 Å². The average Bonchev–Trinajstić information content (AvgIpc) is 2.34. The number of nitro benzene ring substituents is 1. The van der Waals surface area contributed by atoms with Crippen LogP contribution in [0.5, 0.6) is 11.5 Å². The molecule has 2 rings (SSSR count). The van der Waals surface area contributed by atoms with Crippen molar-refractivity contribution in [2.45, 2.75) is 6.10 Å². The first kappa shape index (κ1) is 13.6. The van der Waals surface area contributed by atoms with Gasteiger partial charge in [-0.2, -0.15) is 8.42 Å². The minimum atomic E-state index is -3.57. The normalized spacial score (nSPS) is 18.1. The van der Waals surface area contributed by atoms with Gasteiger partial charge in [-0.25, -0.2) is 0 Å². The van der Waals surface area contributed by atoms with Gasteiger partial charge in [0, 0.05) is 6.07 Å². The number of non-ortho nitro benzene ring substituents is 1. The summed E-state index contributed by atoms with van der Waals surface area (Å²) in [7, 11) is -3.57. The van der Waals surface area contributed by atoms with Gasteiger partial charge < -0.3 is 9.47 Å². The fourth-order valence-electron chi connectivity index (χ4n) is 1.50. The van der Waals surface area contributed by atoms with Gasteiger partial charge in [-0.1, -0.05) is 0 Å². The van der Waals surface area contributed by atoms with Crippen molar-refractivity contribution in [1.29, 1.82) is 0 Å². The molecule has 8 nitrogen and oxygen atoms in total. The standard InChI is InChI=1S/C10H11NO7S/c1-19(14,15)17-6-8-5-16-9-3-2-7(11(12)13)4-10(9)18-8/h2-4,8H,5-6H2,1H3/t8-/m1/s1. The van der Waals surface area contributed by atoms with E-state index in [2.05, 4.69) is 4.18 Å². The summed E-state index contributed by atoms with van der Waals surface area (Å²) >= 11 is 0. The second kappa shape index (κ2) is 5.02. The molecule has 1 aromatic carbocycles. The fourth-order valence-corrected chi connectivity index (χ4v) is 1.90. The first-order valence-corrected chi connectivity index (χ1v) is 7.09. The summed E-state index contributed by atoms with van der Waals surface area (Å²) in [6.07, 6.45) is 0.291. The van der Waals surface area contributed by atoms with E-state index in [9.17, 15) is 18.5 Å². The highest BCUT2D eigenvalue weighted by Crippen LogP contribution is 2.34. The third kappa shape index (κ3) is 3.55. The molecule has 1 aromatic rings. The number of ether oxygens (including phenoxy) is 2. The van der Waals surface area contributed by atoms with Crippen LogP contribution in [0.4, 0.5) is 5.69 Å². The van der Waals surface area contributed by atoms with Gasteiger partial charge >= 0.3 is 0 Å². The number of nitro groups is 1. The molecule has 0 fully saturated rings. The molecule has 0 saturated heterocycles. The molecule has 1 aliphatic heterocycles. The van der Waals surface area contributed by atoms with E-state index in [-0.39, 0.29) is 24.7 Å². The minimum Gasteiger partial charge on any atom is -0.486 e. The molecule has 104 valence electrons. The molecule has 0 N–H and O–H groups in total. The molecule has 0 bridgehead atoms. The quantitative estimate of drug-likeness (QED) is 0.456. The van der Waals surface area contributed by atoms with Gasteiger partial charge in [0.15, 0.2) is 17.6 Å². The van der Waals surface area contributed by atoms with Gasteiger partial charge in [0.05, 0.1) is 17.2 Å². The monoisotopic (exact) mass is 289 g/mol. The average molecular weight is 289 g/mol. The number of nitrogens with zero attached hydrogens (tertiary/aromatic N) is 1. The van der Waals surface area contributed by atoms with E-state index in [1.54, 1.807) is 0 Å². The molecule has 0 aliphatic carbocycles. The lowest BCUT2D eigenvalue weighted by molar-refractivity contribution is -0.385. The van der Waals surface area contributed by atoms with E-state index in [4.69, 9.17) is 9.47 Å². The fraction of sp³-hybridized carbons (Fsp3) is 0.400. The predicted molar refractivity (Wildman–Crippen MR) is 63.8 cm³/mol. The molecule has 0 aromatic heterocycles. The van der Waals surface area contributed by atoms with Crippen molar-refractivity contribution in [2.24, 2.45) is 0 Å². The zero-order chi connectivity index (χ0) is 14.0. The van der Waals surface area contributed by atoms with Crippen molar-refractivity contribution in [1.82, 2.24) is 0 Å². The molecule has 0 saturated carbocycles. The Morgan fingerprint density at radius 3 is 2.84 bits per heavy atom. The highest BCUT2D eigenvalue weighted by molar-refractivity contribution is 7.85. The Bertz CT molecular complexity index is 598. The Morgan fingerprint density at radius 2 is 2.21 bits per heavy atom. The first-order chi connectivity index (χ1) is 8.85. The molecule has 9 heteroatoms. The summed E-state index contributed by atoms with van der Waals surface area (Å²) in [6.45, 7) is -0.0959. The summed E-state index contributed by atoms with van der Waals surface area (Å²) in [4.78, 5) is 10.1. The number of benzene rings is 1. The van der Waals surface area contributed by atoms with Gasteiger partial charge in [0.1, 0.15) is 13.2 Å². The van der Waals surface area contributed by atoms with E-state index in [1.807, 2.05) is 0 Å². The molecule has 1 atom stereocenters.